The van der Waals surface area contributed by atoms with Gasteiger partial charge in [0.25, 0.3) is 5.91 Å². The van der Waals surface area contributed by atoms with Crippen molar-refractivity contribution in [1.82, 2.24) is 25.1 Å². The zero-order valence-corrected chi connectivity index (χ0v) is 20.0. The summed E-state index contributed by atoms with van der Waals surface area (Å²) in [5.74, 6) is -0.117. The number of aromatic amines is 1. The van der Waals surface area contributed by atoms with Crippen molar-refractivity contribution in [3.63, 3.8) is 0 Å². The van der Waals surface area contributed by atoms with Gasteiger partial charge in [-0.25, -0.2) is 4.98 Å². The van der Waals surface area contributed by atoms with Crippen LogP contribution < -0.4 is 10.1 Å². The molecule has 2 unspecified atom stereocenters. The number of likely N-dealkylation sites (tertiary alicyclic amines) is 1. The Hall–Kier alpha value is -3.72. The monoisotopic (exact) mass is 487 g/mol. The van der Waals surface area contributed by atoms with Crippen molar-refractivity contribution < 1.29 is 19.1 Å². The number of ether oxygens (including phenoxy) is 1. The van der Waals surface area contributed by atoms with Gasteiger partial charge in [0.2, 0.25) is 11.8 Å². The Balaban J connectivity index is 1.12. The van der Waals surface area contributed by atoms with E-state index in [2.05, 4.69) is 32.3 Å². The number of nitrogens with zero attached hydrogens (tertiary/aromatic N) is 3. The lowest BCUT2D eigenvalue weighted by Gasteiger charge is -2.35. The SMILES string of the molecule is O=C1CCC(N2Cc3cc(OCC4CCCCN4Cc4ccnc5[nH]ccc45)ccc3C2=O)C(=O)N1. The maximum absolute atomic E-state index is 12.9. The molecule has 0 radical (unpaired) electrons. The summed E-state index contributed by atoms with van der Waals surface area (Å²) in [7, 11) is 0. The number of H-pyrrole nitrogens is 1. The van der Waals surface area contributed by atoms with Crippen LogP contribution in [0.4, 0.5) is 0 Å². The molecule has 2 atom stereocenters. The van der Waals surface area contributed by atoms with Crippen LogP contribution in [0.3, 0.4) is 0 Å². The third-order valence-electron chi connectivity index (χ3n) is 7.61. The van der Waals surface area contributed by atoms with Crippen LogP contribution in [0.1, 0.15) is 53.6 Å². The van der Waals surface area contributed by atoms with E-state index < -0.39 is 11.9 Å². The number of piperidine rings is 2. The lowest BCUT2D eigenvalue weighted by atomic mass is 10.0. The molecule has 9 nitrogen and oxygen atoms in total. The van der Waals surface area contributed by atoms with Crippen molar-refractivity contribution in [3.05, 3.63) is 59.4 Å². The van der Waals surface area contributed by atoms with Gasteiger partial charge in [-0.2, -0.15) is 0 Å². The number of imide groups is 1. The Morgan fingerprint density at radius 2 is 2.00 bits per heavy atom. The van der Waals surface area contributed by atoms with Crippen molar-refractivity contribution >= 4 is 28.8 Å². The first kappa shape index (κ1) is 22.7. The van der Waals surface area contributed by atoms with E-state index in [0.29, 0.717) is 31.2 Å². The van der Waals surface area contributed by atoms with Crippen LogP contribution in [0.15, 0.2) is 42.7 Å². The third-order valence-corrected chi connectivity index (χ3v) is 7.61. The summed E-state index contributed by atoms with van der Waals surface area (Å²) in [5, 5.41) is 3.50. The topological polar surface area (TPSA) is 108 Å². The zero-order chi connectivity index (χ0) is 24.6. The van der Waals surface area contributed by atoms with E-state index in [4.69, 9.17) is 4.74 Å². The Morgan fingerprint density at radius 3 is 2.89 bits per heavy atom. The Morgan fingerprint density at radius 1 is 1.08 bits per heavy atom. The Kier molecular flexibility index (Phi) is 5.92. The Labute approximate surface area is 208 Å². The number of hydrogen-bond acceptors (Lipinski definition) is 6. The zero-order valence-electron chi connectivity index (χ0n) is 20.0. The van der Waals surface area contributed by atoms with Gasteiger partial charge in [0.15, 0.2) is 0 Å². The van der Waals surface area contributed by atoms with Gasteiger partial charge < -0.3 is 14.6 Å². The molecule has 0 saturated carbocycles. The van der Waals surface area contributed by atoms with Crippen LogP contribution in [-0.4, -0.2) is 62.7 Å². The number of carbonyl (C=O) groups is 3. The second kappa shape index (κ2) is 9.39. The van der Waals surface area contributed by atoms with E-state index in [1.807, 2.05) is 24.5 Å². The van der Waals surface area contributed by atoms with Gasteiger partial charge in [0.1, 0.15) is 24.0 Å². The fraction of sp³-hybridized carbons (Fsp3) is 0.407. The van der Waals surface area contributed by atoms with E-state index in [1.165, 1.54) is 18.4 Å². The molecule has 2 saturated heterocycles. The number of fused-ring (bicyclic) bond motifs is 2. The number of nitrogens with one attached hydrogen (secondary N) is 2. The van der Waals surface area contributed by atoms with Crippen molar-refractivity contribution in [2.45, 2.75) is 57.3 Å². The average molecular weight is 488 g/mol. The molecule has 36 heavy (non-hydrogen) atoms. The standard InChI is InChI=1S/C27H29N5O4/c33-24-7-6-23(26(34)30-24)32-15-18-13-20(4-5-22(18)27(32)35)36-16-19-3-1-2-12-31(19)14-17-8-10-28-25-21(17)9-11-29-25/h4-5,8-11,13,19,23H,1-3,6-7,12,14-16H2,(H,28,29)(H,30,33,34). The van der Waals surface area contributed by atoms with Crippen LogP contribution in [-0.2, 0) is 22.7 Å². The average Bonchev–Trinajstić information content (AvgIpc) is 3.49. The molecule has 3 aliphatic heterocycles. The molecule has 3 amide bonds. The first-order chi connectivity index (χ1) is 17.6. The van der Waals surface area contributed by atoms with Crippen LogP contribution in [0.2, 0.25) is 0 Å². The number of carbonyl (C=O) groups excluding carboxylic acids is 3. The summed E-state index contributed by atoms with van der Waals surface area (Å²) in [6, 6.07) is 9.41. The van der Waals surface area contributed by atoms with Crippen LogP contribution in [0.25, 0.3) is 11.0 Å². The molecule has 186 valence electrons. The number of amides is 3. The highest BCUT2D eigenvalue weighted by atomic mass is 16.5. The van der Waals surface area contributed by atoms with Crippen molar-refractivity contribution in [2.75, 3.05) is 13.2 Å². The third kappa shape index (κ3) is 4.24. The molecule has 0 aliphatic carbocycles. The predicted molar refractivity (Wildman–Crippen MR) is 132 cm³/mol. The van der Waals surface area contributed by atoms with Crippen molar-refractivity contribution in [1.29, 1.82) is 0 Å². The molecule has 2 N–H and O–H groups in total. The van der Waals surface area contributed by atoms with Gasteiger partial charge in [-0.05, 0) is 67.3 Å². The molecule has 1 aromatic carbocycles. The molecule has 5 heterocycles. The van der Waals surface area contributed by atoms with Gasteiger partial charge in [0.05, 0.1) is 0 Å². The minimum absolute atomic E-state index is 0.169. The highest BCUT2D eigenvalue weighted by molar-refractivity contribution is 6.05. The van der Waals surface area contributed by atoms with Gasteiger partial charge >= 0.3 is 0 Å². The second-order valence-corrected chi connectivity index (χ2v) is 9.86. The van der Waals surface area contributed by atoms with E-state index in [0.717, 1.165) is 41.9 Å². The van der Waals surface area contributed by atoms with E-state index >= 15 is 0 Å². The summed E-state index contributed by atoms with van der Waals surface area (Å²) in [6.45, 7) is 2.80. The Bertz CT molecular complexity index is 1330. The number of rotatable bonds is 6. The van der Waals surface area contributed by atoms with Crippen molar-refractivity contribution in [3.8, 4) is 5.75 Å². The van der Waals surface area contributed by atoms with Crippen LogP contribution >= 0.6 is 0 Å². The lowest BCUT2D eigenvalue weighted by Crippen LogP contribution is -2.52. The maximum Gasteiger partial charge on any atom is 0.255 e. The van der Waals surface area contributed by atoms with Crippen LogP contribution in [0, 0.1) is 0 Å². The quantitative estimate of drug-likeness (QED) is 0.518. The molecule has 9 heteroatoms. The second-order valence-electron chi connectivity index (χ2n) is 9.86. The fourth-order valence-corrected chi connectivity index (χ4v) is 5.66. The van der Waals surface area contributed by atoms with Gasteiger partial charge in [-0.1, -0.05) is 6.42 Å². The van der Waals surface area contributed by atoms with Gasteiger partial charge in [0, 0.05) is 48.9 Å². The summed E-state index contributed by atoms with van der Waals surface area (Å²) in [6.07, 6.45) is 7.82. The maximum atomic E-state index is 12.9. The van der Waals surface area contributed by atoms with E-state index in [9.17, 15) is 14.4 Å². The molecule has 6 rings (SSSR count). The summed E-state index contributed by atoms with van der Waals surface area (Å²) >= 11 is 0. The van der Waals surface area contributed by atoms with E-state index in [-0.39, 0.29) is 18.2 Å². The molecule has 0 spiro atoms. The summed E-state index contributed by atoms with van der Waals surface area (Å²) in [5.41, 5.74) is 3.63. The molecule has 3 aromatic rings. The number of hydrogen-bond donors (Lipinski definition) is 2. The first-order valence-corrected chi connectivity index (χ1v) is 12.6. The fourth-order valence-electron chi connectivity index (χ4n) is 5.66. The molecule has 2 aromatic heterocycles. The molecule has 3 aliphatic rings. The molecule has 0 bridgehead atoms. The van der Waals surface area contributed by atoms with Crippen LogP contribution in [0.5, 0.6) is 5.75 Å². The summed E-state index contributed by atoms with van der Waals surface area (Å²) in [4.78, 5) is 48.4. The lowest BCUT2D eigenvalue weighted by molar-refractivity contribution is -0.136. The highest BCUT2D eigenvalue weighted by Gasteiger charge is 2.39. The van der Waals surface area contributed by atoms with E-state index in [1.54, 1.807) is 11.0 Å². The predicted octanol–water partition coefficient (Wildman–Crippen LogP) is 2.76. The largest absolute Gasteiger partial charge is 0.492 e. The smallest absolute Gasteiger partial charge is 0.255 e. The summed E-state index contributed by atoms with van der Waals surface area (Å²) < 4.78 is 6.25. The minimum Gasteiger partial charge on any atom is -0.492 e. The first-order valence-electron chi connectivity index (χ1n) is 12.6. The normalized spacial score (nSPS) is 22.7. The number of pyridine rings is 1. The number of aromatic nitrogens is 2. The van der Waals surface area contributed by atoms with Gasteiger partial charge in [-0.15, -0.1) is 0 Å². The molecular formula is C27H29N5O4. The van der Waals surface area contributed by atoms with Gasteiger partial charge in [-0.3, -0.25) is 24.6 Å². The number of benzene rings is 1. The molecular weight excluding hydrogens is 458 g/mol. The highest BCUT2D eigenvalue weighted by Crippen LogP contribution is 2.31. The molecule has 2 fully saturated rings. The van der Waals surface area contributed by atoms with Crippen molar-refractivity contribution in [2.24, 2.45) is 0 Å². The minimum atomic E-state index is -0.609.